The van der Waals surface area contributed by atoms with Gasteiger partial charge in [-0.1, -0.05) is 206 Å². The van der Waals surface area contributed by atoms with E-state index in [1.165, 1.54) is 122 Å². The molecule has 2 rings (SSSR count). The minimum atomic E-state index is -5.49. The average molecular weight is 1060 g/mol. The van der Waals surface area contributed by atoms with E-state index in [2.05, 4.69) is 19.2 Å². The van der Waals surface area contributed by atoms with Gasteiger partial charge in [-0.05, 0) is 12.8 Å². The lowest BCUT2D eigenvalue weighted by Gasteiger charge is -2.47. The van der Waals surface area contributed by atoms with Crippen molar-refractivity contribution in [1.82, 2.24) is 5.32 Å². The van der Waals surface area contributed by atoms with Gasteiger partial charge >= 0.3 is 7.82 Å². The molecule has 72 heavy (non-hydrogen) atoms. The fraction of sp³-hybridized carbons (Fsp3) is 0.981. The standard InChI is InChI=1S/C52H102NO18P/c1-3-5-7-9-11-13-15-17-18-19-20-21-22-24-26-28-30-32-34-39(56)51(65)53-37(41(57)38(55)33-31-29-27-25-23-16-14-12-10-8-6-4-2)36-68-72(66,67)71-50-47(63)45(61)44(60)46(62)49(50)70-52-48(64)43(59)42(58)40(35-54)69-52/h37-50,52,54-64H,3-36H2,1-2H3,(H,53,65)(H,66,67)/t37-,38+,39?,40+,41-,42+,43?,44?,45?,46+,47?,48?,49?,50-,52+/m0/s1. The molecule has 0 radical (unpaired) electrons. The van der Waals surface area contributed by atoms with Gasteiger partial charge in [0.05, 0.1) is 25.4 Å². The second-order valence-corrected chi connectivity index (χ2v) is 22.2. The van der Waals surface area contributed by atoms with Gasteiger partial charge in [-0.2, -0.15) is 0 Å². The third-order valence-electron chi connectivity index (χ3n) is 14.5. The van der Waals surface area contributed by atoms with Crippen molar-refractivity contribution in [2.75, 3.05) is 13.2 Å². The number of carbonyl (C=O) groups is 1. The zero-order chi connectivity index (χ0) is 53.3. The molecule has 2 aliphatic rings. The number of phosphoric ester groups is 1. The van der Waals surface area contributed by atoms with E-state index in [9.17, 15) is 70.4 Å². The summed E-state index contributed by atoms with van der Waals surface area (Å²) in [6, 6.07) is -1.58. The Morgan fingerprint density at radius 2 is 0.903 bits per heavy atom. The van der Waals surface area contributed by atoms with E-state index >= 15 is 0 Å². The second-order valence-electron chi connectivity index (χ2n) is 20.8. The van der Waals surface area contributed by atoms with Gasteiger partial charge in [-0.25, -0.2) is 4.57 Å². The van der Waals surface area contributed by atoms with Gasteiger partial charge < -0.3 is 75.9 Å². The lowest BCUT2D eigenvalue weighted by molar-refractivity contribution is -0.338. The van der Waals surface area contributed by atoms with Crippen LogP contribution in [-0.2, 0) is 27.9 Å². The molecule has 1 aliphatic carbocycles. The summed E-state index contributed by atoms with van der Waals surface area (Å²) in [5, 5.41) is 119. The summed E-state index contributed by atoms with van der Waals surface area (Å²) in [5.41, 5.74) is 0. The first-order chi connectivity index (χ1) is 34.5. The van der Waals surface area contributed by atoms with Crippen molar-refractivity contribution in [1.29, 1.82) is 0 Å². The molecule has 1 saturated carbocycles. The molecular weight excluding hydrogens is 958 g/mol. The highest BCUT2D eigenvalue weighted by Gasteiger charge is 2.55. The summed E-state index contributed by atoms with van der Waals surface area (Å²) < 4.78 is 34.7. The van der Waals surface area contributed by atoms with Gasteiger partial charge in [0, 0.05) is 0 Å². The Morgan fingerprint density at radius 1 is 0.528 bits per heavy atom. The molecule has 0 aromatic heterocycles. The maximum atomic E-state index is 13.5. The number of aliphatic hydroxyl groups is 11. The molecular formula is C52H102NO18P. The highest BCUT2D eigenvalue weighted by atomic mass is 31.2. The minimum Gasteiger partial charge on any atom is -0.394 e. The van der Waals surface area contributed by atoms with Crippen molar-refractivity contribution in [3.8, 4) is 0 Å². The van der Waals surface area contributed by atoms with E-state index in [0.29, 0.717) is 12.8 Å². The summed E-state index contributed by atoms with van der Waals surface area (Å²) in [7, 11) is -5.49. The van der Waals surface area contributed by atoms with E-state index in [4.69, 9.17) is 18.5 Å². The maximum Gasteiger partial charge on any atom is 0.472 e. The van der Waals surface area contributed by atoms with Crippen LogP contribution < -0.4 is 5.32 Å². The zero-order valence-corrected chi connectivity index (χ0v) is 44.9. The van der Waals surface area contributed by atoms with Gasteiger partial charge in [0.2, 0.25) is 5.91 Å². The molecule has 428 valence electrons. The largest absolute Gasteiger partial charge is 0.472 e. The number of phosphoric acid groups is 1. The third kappa shape index (κ3) is 26.4. The first-order valence-electron chi connectivity index (χ1n) is 28.2. The Morgan fingerprint density at radius 3 is 1.32 bits per heavy atom. The Bertz CT molecular complexity index is 1390. The number of unbranched alkanes of at least 4 members (excludes halogenated alkanes) is 28. The molecule has 0 aromatic carbocycles. The van der Waals surface area contributed by atoms with E-state index in [1.54, 1.807) is 0 Å². The van der Waals surface area contributed by atoms with E-state index in [1.807, 2.05) is 0 Å². The molecule has 8 unspecified atom stereocenters. The summed E-state index contributed by atoms with van der Waals surface area (Å²) in [6.45, 7) is 2.58. The van der Waals surface area contributed by atoms with Crippen molar-refractivity contribution in [2.24, 2.45) is 0 Å². The van der Waals surface area contributed by atoms with Gasteiger partial charge in [0.25, 0.3) is 0 Å². The molecule has 1 amide bonds. The lowest BCUT2D eigenvalue weighted by Crippen LogP contribution is -2.67. The average Bonchev–Trinajstić information content (AvgIpc) is 3.36. The summed E-state index contributed by atoms with van der Waals surface area (Å²) >= 11 is 0. The fourth-order valence-corrected chi connectivity index (χ4v) is 10.6. The Labute approximate surface area is 431 Å². The van der Waals surface area contributed by atoms with Crippen LogP contribution >= 0.6 is 7.82 Å². The predicted octanol–water partition coefficient (Wildman–Crippen LogP) is 5.22. The predicted molar refractivity (Wildman–Crippen MR) is 272 cm³/mol. The van der Waals surface area contributed by atoms with E-state index in [0.717, 1.165) is 57.8 Å². The number of nitrogens with one attached hydrogen (secondary N) is 1. The van der Waals surface area contributed by atoms with Crippen molar-refractivity contribution in [3.05, 3.63) is 0 Å². The highest BCUT2D eigenvalue weighted by Crippen LogP contribution is 2.48. The topological polar surface area (TPSA) is 326 Å². The van der Waals surface area contributed by atoms with Crippen LogP contribution in [0.5, 0.6) is 0 Å². The van der Waals surface area contributed by atoms with Crippen molar-refractivity contribution < 1.29 is 88.9 Å². The van der Waals surface area contributed by atoms with Crippen molar-refractivity contribution >= 4 is 13.7 Å². The van der Waals surface area contributed by atoms with Gasteiger partial charge in [0.1, 0.15) is 73.2 Å². The summed E-state index contributed by atoms with van der Waals surface area (Å²) in [5.74, 6) is -0.920. The SMILES string of the molecule is CCCCCCCCCCCCCCCCCCCCC(O)C(=O)N[C@@H](COP(=O)(O)O[C@H]1C(O)C(O)C(O)[C@@H](O)C1O[C@H]1O[C@H](CO)[C@@H](O)C(O)C1O)[C@H](O)[C@H](O)CCCCCCCCCCCCCC. The van der Waals surface area contributed by atoms with Crippen molar-refractivity contribution in [2.45, 2.75) is 311 Å². The molecule has 16 atom stereocenters. The van der Waals surface area contributed by atoms with Crippen LogP contribution in [-0.4, -0.2) is 172 Å². The van der Waals surface area contributed by atoms with Gasteiger partial charge in [-0.15, -0.1) is 0 Å². The lowest BCUT2D eigenvalue weighted by atomic mass is 9.84. The number of ether oxygens (including phenoxy) is 2. The Kier molecular flexibility index (Phi) is 36.8. The molecule has 13 N–H and O–H groups in total. The smallest absolute Gasteiger partial charge is 0.394 e. The van der Waals surface area contributed by atoms with Crippen LogP contribution in [0, 0.1) is 0 Å². The second kappa shape index (κ2) is 39.4. The van der Waals surface area contributed by atoms with Crippen LogP contribution in [0.15, 0.2) is 0 Å². The van der Waals surface area contributed by atoms with Crippen molar-refractivity contribution in [3.63, 3.8) is 0 Å². The quantitative estimate of drug-likeness (QED) is 0.0275. The van der Waals surface area contributed by atoms with Crippen LogP contribution in [0.1, 0.15) is 219 Å². The molecule has 1 heterocycles. The first-order valence-corrected chi connectivity index (χ1v) is 29.7. The molecule has 1 saturated heterocycles. The first kappa shape index (κ1) is 67.2. The zero-order valence-electron chi connectivity index (χ0n) is 44.0. The monoisotopic (exact) mass is 1060 g/mol. The fourth-order valence-electron chi connectivity index (χ4n) is 9.66. The number of carbonyl (C=O) groups excluding carboxylic acids is 1. The molecule has 0 aromatic rings. The van der Waals surface area contributed by atoms with Crippen LogP contribution in [0.3, 0.4) is 0 Å². The number of amides is 1. The third-order valence-corrected chi connectivity index (χ3v) is 15.5. The molecule has 2 fully saturated rings. The number of aliphatic hydroxyl groups excluding tert-OH is 11. The molecule has 0 bridgehead atoms. The molecule has 0 spiro atoms. The van der Waals surface area contributed by atoms with Crippen LogP contribution in [0.2, 0.25) is 0 Å². The number of rotatable bonds is 44. The highest BCUT2D eigenvalue weighted by molar-refractivity contribution is 7.47. The maximum absolute atomic E-state index is 13.5. The molecule has 1 aliphatic heterocycles. The van der Waals surface area contributed by atoms with Gasteiger partial charge in [-0.3, -0.25) is 13.8 Å². The van der Waals surface area contributed by atoms with E-state index < -0.39 is 119 Å². The number of hydrogen-bond acceptors (Lipinski definition) is 17. The van der Waals surface area contributed by atoms with Crippen LogP contribution in [0.4, 0.5) is 0 Å². The van der Waals surface area contributed by atoms with Gasteiger partial charge in [0.15, 0.2) is 6.29 Å². The van der Waals surface area contributed by atoms with Crippen LogP contribution in [0.25, 0.3) is 0 Å². The summed E-state index contributed by atoms with van der Waals surface area (Å²) in [6.07, 6.45) is 7.47. The van der Waals surface area contributed by atoms with E-state index in [-0.39, 0.29) is 12.8 Å². The molecule has 19 nitrogen and oxygen atoms in total. The Balaban J connectivity index is 1.97. The molecule has 20 heteroatoms. The Hall–Kier alpha value is -0.940. The minimum absolute atomic E-state index is 0.100. The summed E-state index contributed by atoms with van der Waals surface area (Å²) in [4.78, 5) is 24.3. The number of hydrogen-bond donors (Lipinski definition) is 13. The normalized spacial score (nSPS) is 28.3.